The van der Waals surface area contributed by atoms with Crippen molar-refractivity contribution in [2.75, 3.05) is 12.9 Å². The van der Waals surface area contributed by atoms with Crippen LogP contribution < -0.4 is 4.74 Å². The first kappa shape index (κ1) is 15.4. The first-order valence-corrected chi connectivity index (χ1v) is 8.25. The second kappa shape index (κ2) is 7.16. The molecule has 0 spiro atoms. The third kappa shape index (κ3) is 4.01. The van der Waals surface area contributed by atoms with Gasteiger partial charge in [-0.05, 0) is 36.6 Å². The highest BCUT2D eigenvalue weighted by atomic mass is 79.9. The lowest BCUT2D eigenvalue weighted by Gasteiger charge is -2.08. The molecule has 0 heterocycles. The van der Waals surface area contributed by atoms with Gasteiger partial charge in [-0.1, -0.05) is 39.7 Å². The van der Waals surface area contributed by atoms with Crippen LogP contribution in [0.3, 0.4) is 0 Å². The summed E-state index contributed by atoms with van der Waals surface area (Å²) in [5.41, 5.74) is 0.633. The van der Waals surface area contributed by atoms with E-state index in [0.717, 1.165) is 9.37 Å². The molecule has 2 aromatic carbocycles. The molecule has 0 fully saturated rings. The van der Waals surface area contributed by atoms with Crippen LogP contribution in [0, 0.1) is 0 Å². The van der Waals surface area contributed by atoms with Crippen molar-refractivity contribution >= 4 is 45.1 Å². The van der Waals surface area contributed by atoms with Gasteiger partial charge in [0, 0.05) is 14.9 Å². The van der Waals surface area contributed by atoms with Crippen molar-refractivity contribution in [2.24, 2.45) is 0 Å². The van der Waals surface area contributed by atoms with Gasteiger partial charge in [0.1, 0.15) is 5.75 Å². The van der Waals surface area contributed by atoms with Gasteiger partial charge in [0.15, 0.2) is 12.4 Å². The van der Waals surface area contributed by atoms with E-state index in [-0.39, 0.29) is 12.4 Å². The molecule has 0 radical (unpaired) electrons. The summed E-state index contributed by atoms with van der Waals surface area (Å²) >= 11 is 11.0. The monoisotopic (exact) mass is 370 g/mol. The summed E-state index contributed by atoms with van der Waals surface area (Å²) < 4.78 is 6.33. The van der Waals surface area contributed by atoms with E-state index >= 15 is 0 Å². The first-order valence-electron chi connectivity index (χ1n) is 5.85. The van der Waals surface area contributed by atoms with E-state index in [0.29, 0.717) is 16.3 Å². The third-order valence-electron chi connectivity index (χ3n) is 2.66. The summed E-state index contributed by atoms with van der Waals surface area (Å²) in [6, 6.07) is 12.7. The van der Waals surface area contributed by atoms with Crippen molar-refractivity contribution in [3.63, 3.8) is 0 Å². The zero-order valence-corrected chi connectivity index (χ0v) is 13.9. The van der Waals surface area contributed by atoms with Crippen molar-refractivity contribution in [3.05, 3.63) is 57.5 Å². The molecule has 0 saturated carbocycles. The molecule has 104 valence electrons. The van der Waals surface area contributed by atoms with Gasteiger partial charge in [0.25, 0.3) is 0 Å². The Hall–Kier alpha value is -0.970. The van der Waals surface area contributed by atoms with Gasteiger partial charge >= 0.3 is 0 Å². The maximum absolute atomic E-state index is 12.0. The van der Waals surface area contributed by atoms with Gasteiger partial charge in [0.2, 0.25) is 0 Å². The molecule has 0 unspecified atom stereocenters. The number of carbonyl (C=O) groups excluding carboxylic acids is 1. The third-order valence-corrected chi connectivity index (χ3v) is 4.21. The molecule has 0 aromatic heterocycles. The van der Waals surface area contributed by atoms with Crippen LogP contribution in [0.2, 0.25) is 5.02 Å². The van der Waals surface area contributed by atoms with Gasteiger partial charge in [-0.25, -0.2) is 0 Å². The Labute approximate surface area is 135 Å². The zero-order chi connectivity index (χ0) is 14.5. The fourth-order valence-corrected chi connectivity index (χ4v) is 2.51. The van der Waals surface area contributed by atoms with E-state index in [2.05, 4.69) is 15.9 Å². The van der Waals surface area contributed by atoms with Crippen molar-refractivity contribution in [1.29, 1.82) is 0 Å². The average molecular weight is 372 g/mol. The molecule has 5 heteroatoms. The second-order valence-corrected chi connectivity index (χ2v) is 6.22. The van der Waals surface area contributed by atoms with E-state index in [9.17, 15) is 4.79 Å². The molecular weight excluding hydrogens is 360 g/mol. The fourth-order valence-electron chi connectivity index (χ4n) is 1.59. The van der Waals surface area contributed by atoms with Crippen molar-refractivity contribution in [2.45, 2.75) is 4.90 Å². The minimum Gasteiger partial charge on any atom is -0.484 e. The summed E-state index contributed by atoms with van der Waals surface area (Å²) in [7, 11) is 0. The molecule has 0 aliphatic carbocycles. The summed E-state index contributed by atoms with van der Waals surface area (Å²) in [6.45, 7) is -0.0329. The maximum atomic E-state index is 12.0. The van der Waals surface area contributed by atoms with Gasteiger partial charge in [-0.3, -0.25) is 4.79 Å². The van der Waals surface area contributed by atoms with E-state index in [1.807, 2.05) is 24.5 Å². The molecule has 0 aliphatic heterocycles. The van der Waals surface area contributed by atoms with Crippen molar-refractivity contribution < 1.29 is 9.53 Å². The number of rotatable bonds is 5. The number of benzene rings is 2. The molecular formula is C15H12BrClO2S. The van der Waals surface area contributed by atoms with Crippen LogP contribution in [0.5, 0.6) is 5.75 Å². The van der Waals surface area contributed by atoms with Gasteiger partial charge in [0.05, 0.1) is 5.02 Å². The molecule has 0 aliphatic rings. The zero-order valence-electron chi connectivity index (χ0n) is 10.7. The van der Waals surface area contributed by atoms with Crippen LogP contribution in [0.1, 0.15) is 10.4 Å². The number of halogens is 2. The second-order valence-electron chi connectivity index (χ2n) is 4.02. The maximum Gasteiger partial charge on any atom is 0.200 e. The number of carbonyl (C=O) groups is 1. The quantitative estimate of drug-likeness (QED) is 0.541. The van der Waals surface area contributed by atoms with Gasteiger partial charge in [-0.15, -0.1) is 11.8 Å². The minimum absolute atomic E-state index is 0.0329. The molecule has 2 rings (SSSR count). The van der Waals surface area contributed by atoms with Crippen LogP contribution in [-0.2, 0) is 0 Å². The normalized spacial score (nSPS) is 10.3. The van der Waals surface area contributed by atoms with E-state index < -0.39 is 0 Å². The standard InChI is InChI=1S/C15H12BrClO2S/c1-20-12-5-2-10(3-6-12)14(18)9-19-15-8-11(16)4-7-13(15)17/h2-8H,9H2,1H3. The predicted molar refractivity (Wildman–Crippen MR) is 87.2 cm³/mol. The summed E-state index contributed by atoms with van der Waals surface area (Å²) in [5.74, 6) is 0.420. The molecule has 0 amide bonds. The highest BCUT2D eigenvalue weighted by molar-refractivity contribution is 9.10. The molecule has 2 nitrogen and oxygen atoms in total. The topological polar surface area (TPSA) is 26.3 Å². The fraction of sp³-hybridized carbons (Fsp3) is 0.133. The number of ether oxygens (including phenoxy) is 1. The lowest BCUT2D eigenvalue weighted by atomic mass is 10.1. The van der Waals surface area contributed by atoms with Gasteiger partial charge < -0.3 is 4.74 Å². The summed E-state index contributed by atoms with van der Waals surface area (Å²) in [5, 5.41) is 0.485. The van der Waals surface area contributed by atoms with Crippen LogP contribution in [0.15, 0.2) is 51.8 Å². The minimum atomic E-state index is -0.0753. The average Bonchev–Trinajstić information content (AvgIpc) is 2.48. The molecule has 0 N–H and O–H groups in total. The smallest absolute Gasteiger partial charge is 0.200 e. The highest BCUT2D eigenvalue weighted by Crippen LogP contribution is 2.28. The van der Waals surface area contributed by atoms with Crippen LogP contribution in [0.4, 0.5) is 0 Å². The van der Waals surface area contributed by atoms with Gasteiger partial charge in [-0.2, -0.15) is 0 Å². The molecule has 0 atom stereocenters. The Morgan fingerprint density at radius 1 is 1.25 bits per heavy atom. The van der Waals surface area contributed by atoms with Crippen LogP contribution >= 0.6 is 39.3 Å². The Kier molecular flexibility index (Phi) is 5.52. The van der Waals surface area contributed by atoms with Crippen molar-refractivity contribution in [1.82, 2.24) is 0 Å². The predicted octanol–water partition coefficient (Wildman–Crippen LogP) is 5.09. The number of ketones is 1. The van der Waals surface area contributed by atoms with E-state index in [1.165, 1.54) is 0 Å². The Balaban J connectivity index is 2.02. The Morgan fingerprint density at radius 2 is 1.95 bits per heavy atom. The highest BCUT2D eigenvalue weighted by Gasteiger charge is 2.09. The molecule has 2 aromatic rings. The number of hydrogen-bond acceptors (Lipinski definition) is 3. The molecule has 0 bridgehead atoms. The first-order chi connectivity index (χ1) is 9.60. The molecule has 0 saturated heterocycles. The van der Waals surface area contributed by atoms with Crippen molar-refractivity contribution in [3.8, 4) is 5.75 Å². The number of thioether (sulfide) groups is 1. The number of hydrogen-bond donors (Lipinski definition) is 0. The van der Waals surface area contributed by atoms with Crippen LogP contribution in [-0.4, -0.2) is 18.6 Å². The Bertz CT molecular complexity index is 614. The summed E-state index contributed by atoms with van der Waals surface area (Å²) in [4.78, 5) is 13.1. The Morgan fingerprint density at radius 3 is 2.60 bits per heavy atom. The van der Waals surface area contributed by atoms with E-state index in [4.69, 9.17) is 16.3 Å². The summed E-state index contributed by atoms with van der Waals surface area (Å²) in [6.07, 6.45) is 2.00. The SMILES string of the molecule is CSc1ccc(C(=O)COc2cc(Br)ccc2Cl)cc1. The largest absolute Gasteiger partial charge is 0.484 e. The van der Waals surface area contributed by atoms with Crippen LogP contribution in [0.25, 0.3) is 0 Å². The van der Waals surface area contributed by atoms with E-state index in [1.54, 1.807) is 36.0 Å². The lowest BCUT2D eigenvalue weighted by Crippen LogP contribution is -2.11. The molecule has 20 heavy (non-hydrogen) atoms. The lowest BCUT2D eigenvalue weighted by molar-refractivity contribution is 0.0921. The number of Topliss-reactive ketones (excluding diaryl/α,β-unsaturated/α-hetero) is 1.